The summed E-state index contributed by atoms with van der Waals surface area (Å²) in [6.45, 7) is 0. The molecule has 108 valence electrons. The summed E-state index contributed by atoms with van der Waals surface area (Å²) in [7, 11) is 0. The number of hydrogen-bond donors (Lipinski definition) is 1. The first kappa shape index (κ1) is 13.8. The lowest BCUT2D eigenvalue weighted by Gasteiger charge is -2.04. The van der Waals surface area contributed by atoms with Crippen molar-refractivity contribution in [1.29, 1.82) is 0 Å². The average Bonchev–Trinajstić information content (AvgIpc) is 2.79. The third-order valence-corrected chi connectivity index (χ3v) is 4.01. The minimum atomic E-state index is -4.43. The second-order valence-electron chi connectivity index (χ2n) is 4.44. The van der Waals surface area contributed by atoms with E-state index in [-0.39, 0.29) is 16.8 Å². The maximum absolute atomic E-state index is 13.8. The van der Waals surface area contributed by atoms with Gasteiger partial charge in [-0.25, -0.2) is 9.37 Å². The van der Waals surface area contributed by atoms with Crippen molar-refractivity contribution in [2.24, 2.45) is 0 Å². The fourth-order valence-electron chi connectivity index (χ4n) is 1.92. The number of halogens is 4. The minimum absolute atomic E-state index is 0.195. The van der Waals surface area contributed by atoms with E-state index in [1.165, 1.54) is 18.2 Å². The fourth-order valence-corrected chi connectivity index (χ4v) is 2.90. The third kappa shape index (κ3) is 2.56. The van der Waals surface area contributed by atoms with Crippen molar-refractivity contribution >= 4 is 27.2 Å². The molecular weight excluding hydrogens is 304 g/mol. The molecule has 0 radical (unpaired) electrons. The number of hydrogen-bond acceptors (Lipinski definition) is 3. The van der Waals surface area contributed by atoms with E-state index in [1.807, 2.05) is 0 Å². The molecule has 0 aliphatic carbocycles. The van der Waals surface area contributed by atoms with Gasteiger partial charge in [-0.3, -0.25) is 0 Å². The van der Waals surface area contributed by atoms with Crippen LogP contribution in [0.25, 0.3) is 20.8 Å². The predicted molar refractivity (Wildman–Crippen MR) is 74.4 cm³/mol. The third-order valence-electron chi connectivity index (χ3n) is 2.94. The van der Waals surface area contributed by atoms with Crippen molar-refractivity contribution in [2.45, 2.75) is 6.18 Å². The Hall–Kier alpha value is -2.15. The van der Waals surface area contributed by atoms with Crippen LogP contribution in [0.1, 0.15) is 5.56 Å². The summed E-state index contributed by atoms with van der Waals surface area (Å²) in [6, 6.07) is 7.43. The Balaban J connectivity index is 2.13. The first-order valence-electron chi connectivity index (χ1n) is 5.88. The quantitative estimate of drug-likeness (QED) is 0.522. The summed E-state index contributed by atoms with van der Waals surface area (Å²) in [6.07, 6.45) is -4.43. The number of nitrogen functional groups attached to an aromatic ring is 1. The number of alkyl halides is 3. The Morgan fingerprint density at radius 1 is 1.05 bits per heavy atom. The van der Waals surface area contributed by atoms with Crippen molar-refractivity contribution in [2.75, 3.05) is 5.73 Å². The SMILES string of the molecule is Nc1ccc(-c2nc3cc(C(F)(F)F)ccc3s2)c(F)c1. The number of fused-ring (bicyclic) bond motifs is 1. The van der Waals surface area contributed by atoms with E-state index in [4.69, 9.17) is 5.73 Å². The lowest BCUT2D eigenvalue weighted by atomic mass is 10.2. The van der Waals surface area contributed by atoms with E-state index >= 15 is 0 Å². The molecule has 7 heteroatoms. The topological polar surface area (TPSA) is 38.9 Å². The van der Waals surface area contributed by atoms with Gasteiger partial charge in [0.2, 0.25) is 0 Å². The first-order valence-corrected chi connectivity index (χ1v) is 6.69. The Bertz CT molecular complexity index is 823. The van der Waals surface area contributed by atoms with Crippen LogP contribution in [0.3, 0.4) is 0 Å². The zero-order chi connectivity index (χ0) is 15.2. The minimum Gasteiger partial charge on any atom is -0.399 e. The first-order chi connectivity index (χ1) is 9.84. The molecule has 0 aliphatic heterocycles. The van der Waals surface area contributed by atoms with E-state index in [1.54, 1.807) is 0 Å². The normalized spacial score (nSPS) is 12.0. The zero-order valence-electron chi connectivity index (χ0n) is 10.4. The molecule has 1 heterocycles. The van der Waals surface area contributed by atoms with Crippen LogP contribution in [0, 0.1) is 5.82 Å². The van der Waals surface area contributed by atoms with Crippen molar-refractivity contribution in [3.63, 3.8) is 0 Å². The standard InChI is InChI=1S/C14H8F4N2S/c15-10-6-8(19)2-3-9(10)13-20-11-5-7(14(16,17)18)1-4-12(11)21-13/h1-6H,19H2. The summed E-state index contributed by atoms with van der Waals surface area (Å²) in [5, 5.41) is 0.321. The lowest BCUT2D eigenvalue weighted by molar-refractivity contribution is -0.137. The summed E-state index contributed by atoms with van der Waals surface area (Å²) in [4.78, 5) is 4.09. The number of nitrogens with two attached hydrogens (primary N) is 1. The highest BCUT2D eigenvalue weighted by molar-refractivity contribution is 7.21. The summed E-state index contributed by atoms with van der Waals surface area (Å²) >= 11 is 1.13. The lowest BCUT2D eigenvalue weighted by Crippen LogP contribution is -2.03. The zero-order valence-corrected chi connectivity index (χ0v) is 11.2. The molecule has 0 amide bonds. The number of anilines is 1. The second kappa shape index (κ2) is 4.70. The van der Waals surface area contributed by atoms with Crippen LogP contribution in [0.15, 0.2) is 36.4 Å². The highest BCUT2D eigenvalue weighted by Gasteiger charge is 2.30. The van der Waals surface area contributed by atoms with Crippen molar-refractivity contribution in [3.05, 3.63) is 47.8 Å². The van der Waals surface area contributed by atoms with Crippen LogP contribution in [0.5, 0.6) is 0 Å². The maximum atomic E-state index is 13.8. The number of aromatic nitrogens is 1. The molecule has 2 N–H and O–H groups in total. The van der Waals surface area contributed by atoms with Gasteiger partial charge in [-0.2, -0.15) is 13.2 Å². The van der Waals surface area contributed by atoms with Gasteiger partial charge in [-0.05, 0) is 36.4 Å². The van der Waals surface area contributed by atoms with Crippen molar-refractivity contribution in [1.82, 2.24) is 4.98 Å². The number of thiazole rings is 1. The van der Waals surface area contributed by atoms with E-state index in [0.717, 1.165) is 29.5 Å². The molecule has 0 fully saturated rings. The Labute approximate surface area is 120 Å². The van der Waals surface area contributed by atoms with Gasteiger partial charge >= 0.3 is 6.18 Å². The Morgan fingerprint density at radius 3 is 2.48 bits per heavy atom. The smallest absolute Gasteiger partial charge is 0.399 e. The Morgan fingerprint density at radius 2 is 1.81 bits per heavy atom. The molecule has 1 aromatic heterocycles. The molecule has 21 heavy (non-hydrogen) atoms. The summed E-state index contributed by atoms with van der Waals surface area (Å²) in [5.74, 6) is -0.551. The van der Waals surface area contributed by atoms with Gasteiger partial charge in [0, 0.05) is 11.3 Å². The molecule has 0 saturated carbocycles. The van der Waals surface area contributed by atoms with E-state index in [2.05, 4.69) is 4.98 Å². The molecule has 0 unspecified atom stereocenters. The van der Waals surface area contributed by atoms with Crippen LogP contribution < -0.4 is 5.73 Å². The highest BCUT2D eigenvalue weighted by Crippen LogP contribution is 2.36. The number of benzene rings is 2. The average molecular weight is 312 g/mol. The van der Waals surface area contributed by atoms with E-state index < -0.39 is 17.6 Å². The van der Waals surface area contributed by atoms with Crippen molar-refractivity contribution in [3.8, 4) is 10.6 Å². The van der Waals surface area contributed by atoms with Gasteiger partial charge in [-0.15, -0.1) is 11.3 Å². The maximum Gasteiger partial charge on any atom is 0.416 e. The van der Waals surface area contributed by atoms with Crippen LogP contribution in [-0.2, 0) is 6.18 Å². The van der Waals surface area contributed by atoms with Crippen LogP contribution >= 0.6 is 11.3 Å². The molecule has 3 aromatic rings. The van der Waals surface area contributed by atoms with Gasteiger partial charge in [0.05, 0.1) is 15.8 Å². The van der Waals surface area contributed by atoms with Gasteiger partial charge in [0.25, 0.3) is 0 Å². The fraction of sp³-hybridized carbons (Fsp3) is 0.0714. The molecule has 0 spiro atoms. The van der Waals surface area contributed by atoms with Gasteiger partial charge < -0.3 is 5.73 Å². The largest absolute Gasteiger partial charge is 0.416 e. The molecule has 3 rings (SSSR count). The summed E-state index contributed by atoms with van der Waals surface area (Å²) in [5.41, 5.74) is 5.38. The van der Waals surface area contributed by atoms with E-state index in [9.17, 15) is 17.6 Å². The molecule has 0 saturated heterocycles. The number of nitrogens with zero attached hydrogens (tertiary/aromatic N) is 1. The molecule has 0 atom stereocenters. The van der Waals surface area contributed by atoms with Crippen LogP contribution in [-0.4, -0.2) is 4.98 Å². The molecule has 0 bridgehead atoms. The van der Waals surface area contributed by atoms with Gasteiger partial charge in [0.15, 0.2) is 0 Å². The monoisotopic (exact) mass is 312 g/mol. The summed E-state index contributed by atoms with van der Waals surface area (Å²) < 4.78 is 52.4. The predicted octanol–water partition coefficient (Wildman–Crippen LogP) is 4.70. The number of rotatable bonds is 1. The second-order valence-corrected chi connectivity index (χ2v) is 5.47. The molecule has 0 aliphatic rings. The van der Waals surface area contributed by atoms with Crippen LogP contribution in [0.4, 0.5) is 23.2 Å². The van der Waals surface area contributed by atoms with Gasteiger partial charge in [-0.1, -0.05) is 0 Å². The Kier molecular flexibility index (Phi) is 3.09. The van der Waals surface area contributed by atoms with Crippen LogP contribution in [0.2, 0.25) is 0 Å². The molecule has 2 nitrogen and oxygen atoms in total. The van der Waals surface area contributed by atoms with Crippen molar-refractivity contribution < 1.29 is 17.6 Å². The van der Waals surface area contributed by atoms with E-state index in [0.29, 0.717) is 9.71 Å². The van der Waals surface area contributed by atoms with Gasteiger partial charge in [0.1, 0.15) is 10.8 Å². The molecule has 2 aromatic carbocycles. The molecular formula is C14H8F4N2S. The highest BCUT2D eigenvalue weighted by atomic mass is 32.1.